The largest absolute Gasteiger partial charge is 0.514 e. The highest BCUT2D eigenvalue weighted by Crippen LogP contribution is 2.60. The van der Waals surface area contributed by atoms with E-state index in [2.05, 4.69) is 9.88 Å². The fourth-order valence-corrected chi connectivity index (χ4v) is 7.46. The van der Waals surface area contributed by atoms with Gasteiger partial charge in [-0.15, -0.1) is 0 Å². The van der Waals surface area contributed by atoms with E-state index in [0.717, 1.165) is 25.1 Å². The maximum Gasteiger partial charge on any atom is 0.514 e. The van der Waals surface area contributed by atoms with Gasteiger partial charge in [-0.1, -0.05) is 13.3 Å². The molecular weight excluding hydrogens is 581 g/mol. The van der Waals surface area contributed by atoms with Crippen molar-refractivity contribution in [3.05, 3.63) is 51.7 Å². The van der Waals surface area contributed by atoms with Gasteiger partial charge in [0.25, 0.3) is 5.88 Å². The molecule has 11 nitrogen and oxygen atoms in total. The zero-order valence-electron chi connectivity index (χ0n) is 24.9. The average molecular weight is 616 g/mol. The van der Waals surface area contributed by atoms with Gasteiger partial charge >= 0.3 is 6.16 Å². The number of rotatable bonds is 6. The zero-order chi connectivity index (χ0) is 30.8. The number of ether oxygens (including phenoxy) is 3. The lowest BCUT2D eigenvalue weighted by atomic mass is 9.57. The molecule has 1 aromatic carbocycles. The number of fused-ring (bicyclic) bond motifs is 3. The molecule has 0 radical (unpaired) electrons. The minimum absolute atomic E-state index is 0.0830. The van der Waals surface area contributed by atoms with E-state index in [1.54, 1.807) is 20.8 Å². The molecule has 1 saturated heterocycles. The number of nitrogens with zero attached hydrogens (tertiary/aromatic N) is 2. The van der Waals surface area contributed by atoms with Gasteiger partial charge in [0.15, 0.2) is 22.8 Å². The molecule has 13 heteroatoms. The number of carbonyl (C=O) groups excluding carboxylic acids is 3. The first-order valence-corrected chi connectivity index (χ1v) is 15.1. The molecule has 0 saturated carbocycles. The summed E-state index contributed by atoms with van der Waals surface area (Å²) < 4.78 is 46.9. The van der Waals surface area contributed by atoms with Crippen molar-refractivity contribution in [2.45, 2.75) is 70.6 Å². The Morgan fingerprint density at radius 2 is 2.02 bits per heavy atom. The van der Waals surface area contributed by atoms with Gasteiger partial charge in [-0.05, 0) is 77.3 Å². The number of halogens is 1. The number of carbonyl (C=O) groups is 3. The van der Waals surface area contributed by atoms with Crippen LogP contribution < -0.4 is 14.2 Å². The number of hydrogen-bond donors (Lipinski definition) is 1. The predicted octanol–water partition coefficient (Wildman–Crippen LogP) is 5.36. The van der Waals surface area contributed by atoms with Crippen LogP contribution in [0.15, 0.2) is 28.0 Å². The Bertz CT molecular complexity index is 1550. The van der Waals surface area contributed by atoms with Crippen molar-refractivity contribution in [2.75, 3.05) is 20.7 Å². The number of aromatic nitrogens is 1. The minimum atomic E-state index is -1.43. The Morgan fingerprint density at radius 3 is 2.72 bits per heavy atom. The quantitative estimate of drug-likeness (QED) is 0.148. The van der Waals surface area contributed by atoms with E-state index in [-0.39, 0.29) is 51.9 Å². The van der Waals surface area contributed by atoms with E-state index in [4.69, 9.17) is 22.9 Å². The molecule has 43 heavy (non-hydrogen) atoms. The van der Waals surface area contributed by atoms with Crippen LogP contribution in [0.25, 0.3) is 0 Å². The summed E-state index contributed by atoms with van der Waals surface area (Å²) in [6.07, 6.45) is 1.13. The maximum atomic E-state index is 15.3. The van der Waals surface area contributed by atoms with Crippen LogP contribution in [0.4, 0.5) is 9.18 Å². The zero-order valence-corrected chi connectivity index (χ0v) is 25.7. The van der Waals surface area contributed by atoms with Crippen LogP contribution in [0, 0.1) is 17.7 Å². The molecule has 1 aromatic heterocycles. The minimum Gasteiger partial charge on any atom is -0.475 e. The molecule has 1 aliphatic heterocycles. The first kappa shape index (κ1) is 29.6. The van der Waals surface area contributed by atoms with Gasteiger partial charge in [-0.25, -0.2) is 13.9 Å². The summed E-state index contributed by atoms with van der Waals surface area (Å²) in [4.78, 5) is 43.3. The van der Waals surface area contributed by atoms with Gasteiger partial charge in [0.05, 0.1) is 18.2 Å². The van der Waals surface area contributed by atoms with Gasteiger partial charge in [-0.2, -0.15) is 0 Å². The average Bonchev–Trinajstić information content (AvgIpc) is 3.54. The summed E-state index contributed by atoms with van der Waals surface area (Å²) in [5, 5.41) is 4.12. The summed E-state index contributed by atoms with van der Waals surface area (Å²) in [6, 6.07) is 1.98. The van der Waals surface area contributed by atoms with Gasteiger partial charge in [0.2, 0.25) is 5.78 Å². The molecule has 230 valence electrons. The number of Topliss-reactive ketones (excluding diaryl/α,β-unsaturated/α-hetero) is 2. The molecule has 1 N–H and O–H groups in total. The van der Waals surface area contributed by atoms with Crippen LogP contribution in [-0.4, -0.2) is 59.6 Å². The van der Waals surface area contributed by atoms with Gasteiger partial charge in [0, 0.05) is 17.1 Å². The Hall–Kier alpha value is -3.42. The molecule has 4 atom stereocenters. The Morgan fingerprint density at radius 1 is 1.26 bits per heavy atom. The molecule has 4 aliphatic rings. The normalized spacial score (nSPS) is 25.8. The second kappa shape index (κ2) is 10.6. The SMILES string of the molecule is CCCCOc1noc2c1C(=O)[C@@]13NSOC1=C1C(=O)c4c(OC(=O)OC(C)(C)C)ccc(F)c4C[C@H]1C[C@H]3[C@@H]2N(C)C. The van der Waals surface area contributed by atoms with Crippen LogP contribution in [0.5, 0.6) is 11.6 Å². The highest BCUT2D eigenvalue weighted by atomic mass is 32.2. The van der Waals surface area contributed by atoms with Gasteiger partial charge < -0.3 is 22.9 Å². The van der Waals surface area contributed by atoms with Crippen molar-refractivity contribution in [2.24, 2.45) is 11.8 Å². The van der Waals surface area contributed by atoms with E-state index in [0.29, 0.717) is 18.8 Å². The summed E-state index contributed by atoms with van der Waals surface area (Å²) in [5.74, 6) is -1.89. The molecule has 0 unspecified atom stereocenters. The highest BCUT2D eigenvalue weighted by molar-refractivity contribution is 7.93. The highest BCUT2D eigenvalue weighted by Gasteiger charge is 2.67. The number of allylic oxidation sites excluding steroid dienone is 1. The molecule has 3 aliphatic carbocycles. The van der Waals surface area contributed by atoms with Crippen molar-refractivity contribution in [1.82, 2.24) is 14.8 Å². The lowest BCUT2D eigenvalue weighted by molar-refractivity contribution is 0.0204. The molecule has 2 aromatic rings. The van der Waals surface area contributed by atoms with E-state index in [1.165, 1.54) is 12.1 Å². The maximum absolute atomic E-state index is 15.3. The number of ketones is 2. The smallest absolute Gasteiger partial charge is 0.475 e. The molecule has 1 spiro atoms. The Kier molecular flexibility index (Phi) is 7.33. The second-order valence-electron chi connectivity index (χ2n) is 12.5. The van der Waals surface area contributed by atoms with Crippen LogP contribution in [-0.2, 0) is 15.3 Å². The van der Waals surface area contributed by atoms with E-state index in [1.807, 2.05) is 25.9 Å². The van der Waals surface area contributed by atoms with Crippen LogP contribution in [0.1, 0.15) is 85.0 Å². The summed E-state index contributed by atoms with van der Waals surface area (Å²) >= 11 is 0.871. The molecule has 0 amide bonds. The molecular formula is C30H34FN3O8S. The molecule has 6 rings (SSSR count). The van der Waals surface area contributed by atoms with Crippen LogP contribution in [0.3, 0.4) is 0 Å². The fraction of sp³-hybridized carbons (Fsp3) is 0.533. The van der Waals surface area contributed by atoms with Crippen LogP contribution in [0.2, 0.25) is 0 Å². The molecule has 0 bridgehead atoms. The van der Waals surface area contributed by atoms with E-state index >= 15 is 4.39 Å². The third kappa shape index (κ3) is 4.63. The van der Waals surface area contributed by atoms with Gasteiger partial charge in [0.1, 0.15) is 35.0 Å². The third-order valence-electron chi connectivity index (χ3n) is 8.37. The number of hydrogen-bond acceptors (Lipinski definition) is 12. The van der Waals surface area contributed by atoms with Crippen molar-refractivity contribution < 1.29 is 41.7 Å². The fourth-order valence-electron chi connectivity index (χ4n) is 6.65. The van der Waals surface area contributed by atoms with Crippen LogP contribution >= 0.6 is 12.2 Å². The predicted molar refractivity (Wildman–Crippen MR) is 152 cm³/mol. The van der Waals surface area contributed by atoms with E-state index < -0.39 is 46.8 Å². The van der Waals surface area contributed by atoms with Gasteiger partial charge in [-0.3, -0.25) is 14.5 Å². The topological polar surface area (TPSA) is 129 Å². The first-order valence-electron chi connectivity index (χ1n) is 14.3. The summed E-state index contributed by atoms with van der Waals surface area (Å²) in [7, 11) is 3.75. The Balaban J connectivity index is 1.48. The van der Waals surface area contributed by atoms with Crippen molar-refractivity contribution in [3.8, 4) is 11.6 Å². The number of nitrogens with one attached hydrogen (secondary N) is 1. The molecule has 1 fully saturated rings. The Labute approximate surface area is 252 Å². The third-order valence-corrected chi connectivity index (χ3v) is 9.03. The second-order valence-corrected chi connectivity index (χ2v) is 13.1. The first-order chi connectivity index (χ1) is 20.4. The van der Waals surface area contributed by atoms with Crippen molar-refractivity contribution in [3.63, 3.8) is 0 Å². The van der Waals surface area contributed by atoms with Crippen molar-refractivity contribution >= 4 is 30.0 Å². The monoisotopic (exact) mass is 615 g/mol. The number of benzene rings is 1. The summed E-state index contributed by atoms with van der Waals surface area (Å²) in [5.41, 5.74) is -1.75. The summed E-state index contributed by atoms with van der Waals surface area (Å²) in [6.45, 7) is 7.43. The number of unbranched alkanes of at least 4 members (excludes halogenated alkanes) is 1. The van der Waals surface area contributed by atoms with Crippen molar-refractivity contribution in [1.29, 1.82) is 0 Å². The standard InChI is InChI=1S/C30H34FN3O8S/c1-7-8-11-38-27-21-24(41-32-27)22(34(5)6)16-13-14-12-15-17(31)9-10-18(39-28(37)40-29(2,3)4)20(15)23(35)19(14)26-30(16,25(21)36)33-43-42-26/h9-10,14,16,22,33H,7-8,11-13H2,1-6H3/t14-,16-,22-,30+/m0/s1. The lowest BCUT2D eigenvalue weighted by Crippen LogP contribution is -2.62. The van der Waals surface area contributed by atoms with E-state index in [9.17, 15) is 14.4 Å². The molecule has 2 heterocycles. The lowest BCUT2D eigenvalue weighted by Gasteiger charge is -2.49.